The zero-order valence-electron chi connectivity index (χ0n) is 11.7. The highest BCUT2D eigenvalue weighted by Crippen LogP contribution is 2.24. The van der Waals surface area contributed by atoms with Gasteiger partial charge in [0, 0.05) is 23.4 Å². The minimum Gasteiger partial charge on any atom is -0.370 e. The molecule has 1 aromatic carbocycles. The van der Waals surface area contributed by atoms with Crippen molar-refractivity contribution in [1.82, 2.24) is 4.98 Å². The molecule has 19 heavy (non-hydrogen) atoms. The minimum atomic E-state index is 0.906. The van der Waals surface area contributed by atoms with Crippen LogP contribution in [0.1, 0.15) is 23.6 Å². The fourth-order valence-electron chi connectivity index (χ4n) is 1.77. The van der Waals surface area contributed by atoms with E-state index in [9.17, 15) is 0 Å². The Morgan fingerprint density at radius 2 is 1.95 bits per heavy atom. The Labute approximate surface area is 119 Å². The molecular formula is C16H20N2S. The van der Waals surface area contributed by atoms with E-state index in [-0.39, 0.29) is 0 Å². The molecule has 0 aliphatic carbocycles. The van der Waals surface area contributed by atoms with Crippen LogP contribution in [0.15, 0.2) is 41.4 Å². The third kappa shape index (κ3) is 4.00. The Kier molecular flexibility index (Phi) is 4.86. The molecule has 0 saturated heterocycles. The van der Waals surface area contributed by atoms with Crippen molar-refractivity contribution in [1.29, 1.82) is 0 Å². The van der Waals surface area contributed by atoms with E-state index in [4.69, 9.17) is 0 Å². The number of anilines is 1. The number of thioether (sulfide) groups is 1. The Hall–Kier alpha value is -1.48. The smallest absolute Gasteiger partial charge is 0.125 e. The fraction of sp³-hybridized carbons (Fsp3) is 0.312. The van der Waals surface area contributed by atoms with Crippen LogP contribution in [-0.2, 0) is 5.75 Å². The summed E-state index contributed by atoms with van der Waals surface area (Å²) in [5.74, 6) is 1.91. The lowest BCUT2D eigenvalue weighted by Crippen LogP contribution is -1.98. The molecule has 0 spiro atoms. The van der Waals surface area contributed by atoms with E-state index in [1.54, 1.807) is 0 Å². The van der Waals surface area contributed by atoms with Gasteiger partial charge in [-0.3, -0.25) is 0 Å². The summed E-state index contributed by atoms with van der Waals surface area (Å²) in [5.41, 5.74) is 3.96. The zero-order valence-corrected chi connectivity index (χ0v) is 12.6. The van der Waals surface area contributed by atoms with E-state index in [1.807, 2.05) is 24.0 Å². The molecule has 2 rings (SSSR count). The van der Waals surface area contributed by atoms with E-state index < -0.39 is 0 Å². The molecule has 0 unspecified atom stereocenters. The van der Waals surface area contributed by atoms with Crippen molar-refractivity contribution in [3.8, 4) is 0 Å². The summed E-state index contributed by atoms with van der Waals surface area (Å²) in [7, 11) is 0. The van der Waals surface area contributed by atoms with Crippen molar-refractivity contribution < 1.29 is 0 Å². The largest absolute Gasteiger partial charge is 0.370 e. The van der Waals surface area contributed by atoms with E-state index >= 15 is 0 Å². The van der Waals surface area contributed by atoms with Crippen molar-refractivity contribution in [2.75, 3.05) is 11.9 Å². The molecule has 0 aliphatic rings. The third-order valence-corrected chi connectivity index (χ3v) is 4.13. The Balaban J connectivity index is 1.96. The second-order valence-corrected chi connectivity index (χ2v) is 5.67. The first-order valence-electron chi connectivity index (χ1n) is 6.58. The van der Waals surface area contributed by atoms with Gasteiger partial charge in [-0.1, -0.05) is 12.1 Å². The standard InChI is InChI=1S/C16H20N2S/c1-4-17-16-8-6-14(10-18-16)11-19-15-7-5-12(2)13(3)9-15/h5-10H,4,11H2,1-3H3,(H,17,18). The van der Waals surface area contributed by atoms with E-state index in [0.29, 0.717) is 0 Å². The predicted octanol–water partition coefficient (Wildman–Crippen LogP) is 4.42. The van der Waals surface area contributed by atoms with Gasteiger partial charge in [0.1, 0.15) is 5.82 Å². The Morgan fingerprint density at radius 3 is 2.58 bits per heavy atom. The van der Waals surface area contributed by atoms with Gasteiger partial charge in [0.2, 0.25) is 0 Å². The molecule has 0 saturated carbocycles. The van der Waals surface area contributed by atoms with Gasteiger partial charge in [0.15, 0.2) is 0 Å². The molecule has 2 aromatic rings. The average Bonchev–Trinajstić information content (AvgIpc) is 2.42. The highest BCUT2D eigenvalue weighted by molar-refractivity contribution is 7.98. The molecule has 0 fully saturated rings. The van der Waals surface area contributed by atoms with E-state index in [0.717, 1.165) is 18.1 Å². The summed E-state index contributed by atoms with van der Waals surface area (Å²) in [4.78, 5) is 5.71. The number of aromatic nitrogens is 1. The fourth-order valence-corrected chi connectivity index (χ4v) is 2.69. The Morgan fingerprint density at radius 1 is 1.11 bits per heavy atom. The van der Waals surface area contributed by atoms with Gasteiger partial charge in [-0.25, -0.2) is 4.98 Å². The average molecular weight is 272 g/mol. The zero-order chi connectivity index (χ0) is 13.7. The highest BCUT2D eigenvalue weighted by Gasteiger charge is 2.00. The van der Waals surface area contributed by atoms with Crippen molar-refractivity contribution in [3.05, 3.63) is 53.2 Å². The molecule has 0 bridgehead atoms. The quantitative estimate of drug-likeness (QED) is 0.815. The molecular weight excluding hydrogens is 252 g/mol. The molecule has 1 heterocycles. The van der Waals surface area contributed by atoms with E-state index in [1.165, 1.54) is 21.6 Å². The van der Waals surface area contributed by atoms with Crippen LogP contribution in [0.4, 0.5) is 5.82 Å². The second-order valence-electron chi connectivity index (χ2n) is 4.62. The third-order valence-electron chi connectivity index (χ3n) is 3.07. The minimum absolute atomic E-state index is 0.906. The number of nitrogens with one attached hydrogen (secondary N) is 1. The molecule has 2 nitrogen and oxygen atoms in total. The summed E-state index contributed by atoms with van der Waals surface area (Å²) >= 11 is 1.86. The molecule has 1 aromatic heterocycles. The van der Waals surface area contributed by atoms with Crippen LogP contribution >= 0.6 is 11.8 Å². The lowest BCUT2D eigenvalue weighted by molar-refractivity contribution is 1.14. The molecule has 3 heteroatoms. The first-order chi connectivity index (χ1) is 9.19. The summed E-state index contributed by atoms with van der Waals surface area (Å²) in [6, 6.07) is 10.8. The van der Waals surface area contributed by atoms with Crippen LogP contribution in [0, 0.1) is 13.8 Å². The highest BCUT2D eigenvalue weighted by atomic mass is 32.2. The number of benzene rings is 1. The first-order valence-corrected chi connectivity index (χ1v) is 7.56. The van der Waals surface area contributed by atoms with Gasteiger partial charge in [-0.15, -0.1) is 11.8 Å². The van der Waals surface area contributed by atoms with E-state index in [2.05, 4.69) is 55.3 Å². The van der Waals surface area contributed by atoms with Crippen LogP contribution < -0.4 is 5.32 Å². The van der Waals surface area contributed by atoms with Crippen molar-refractivity contribution in [3.63, 3.8) is 0 Å². The molecule has 0 amide bonds. The summed E-state index contributed by atoms with van der Waals surface area (Å²) in [6.07, 6.45) is 1.95. The maximum Gasteiger partial charge on any atom is 0.125 e. The number of rotatable bonds is 5. The number of hydrogen-bond donors (Lipinski definition) is 1. The summed E-state index contributed by atoms with van der Waals surface area (Å²) < 4.78 is 0. The molecule has 0 atom stereocenters. The molecule has 1 N–H and O–H groups in total. The van der Waals surface area contributed by atoms with Crippen LogP contribution in [0.2, 0.25) is 0 Å². The number of nitrogens with zero attached hydrogens (tertiary/aromatic N) is 1. The van der Waals surface area contributed by atoms with Gasteiger partial charge in [-0.05, 0) is 55.7 Å². The van der Waals surface area contributed by atoms with Gasteiger partial charge < -0.3 is 5.32 Å². The van der Waals surface area contributed by atoms with Crippen molar-refractivity contribution in [2.45, 2.75) is 31.4 Å². The predicted molar refractivity (Wildman–Crippen MR) is 83.9 cm³/mol. The second kappa shape index (κ2) is 6.62. The molecule has 100 valence electrons. The van der Waals surface area contributed by atoms with Crippen LogP contribution in [0.25, 0.3) is 0 Å². The number of hydrogen-bond acceptors (Lipinski definition) is 3. The SMILES string of the molecule is CCNc1ccc(CSc2ccc(C)c(C)c2)cn1. The van der Waals surface area contributed by atoms with Crippen LogP contribution in [0.5, 0.6) is 0 Å². The normalized spacial score (nSPS) is 10.5. The lowest BCUT2D eigenvalue weighted by atomic mass is 10.1. The van der Waals surface area contributed by atoms with Gasteiger partial charge in [0.05, 0.1) is 0 Å². The van der Waals surface area contributed by atoms with Gasteiger partial charge >= 0.3 is 0 Å². The lowest BCUT2D eigenvalue weighted by Gasteiger charge is -2.06. The topological polar surface area (TPSA) is 24.9 Å². The summed E-state index contributed by atoms with van der Waals surface area (Å²) in [6.45, 7) is 7.29. The number of pyridine rings is 1. The maximum absolute atomic E-state index is 4.39. The maximum atomic E-state index is 4.39. The monoisotopic (exact) mass is 272 g/mol. The summed E-state index contributed by atoms with van der Waals surface area (Å²) in [5, 5.41) is 3.20. The molecule has 0 aliphatic heterocycles. The van der Waals surface area contributed by atoms with Crippen molar-refractivity contribution in [2.24, 2.45) is 0 Å². The van der Waals surface area contributed by atoms with Crippen molar-refractivity contribution >= 4 is 17.6 Å². The molecule has 0 radical (unpaired) electrons. The number of aryl methyl sites for hydroxylation is 2. The van der Waals surface area contributed by atoms with Crippen LogP contribution in [0.3, 0.4) is 0 Å². The Bertz CT molecular complexity index is 535. The first kappa shape index (κ1) is 13.9. The van der Waals surface area contributed by atoms with Crippen LogP contribution in [-0.4, -0.2) is 11.5 Å². The van der Waals surface area contributed by atoms with Gasteiger partial charge in [0.25, 0.3) is 0 Å². The van der Waals surface area contributed by atoms with Gasteiger partial charge in [-0.2, -0.15) is 0 Å².